The van der Waals surface area contributed by atoms with Crippen molar-refractivity contribution >= 4 is 21.6 Å². The molecule has 0 fully saturated rings. The Morgan fingerprint density at radius 3 is 2.45 bits per heavy atom. The number of sulfonamides is 1. The minimum absolute atomic E-state index is 0.0247. The summed E-state index contributed by atoms with van der Waals surface area (Å²) in [7, 11) is -3.31. The second kappa shape index (κ2) is 8.60. The average Bonchev–Trinajstić information content (AvgIpc) is 2.46. The summed E-state index contributed by atoms with van der Waals surface area (Å²) in [6, 6.07) is 6.49. The van der Waals surface area contributed by atoms with Gasteiger partial charge in [-0.05, 0) is 37.6 Å². The molecule has 0 spiro atoms. The molecule has 22 heavy (non-hydrogen) atoms. The molecule has 0 aliphatic rings. The number of aliphatic hydroxyl groups is 1. The molecular weight excluding hydrogens is 308 g/mol. The minimum atomic E-state index is -3.31. The standard InChI is InChI=1S/C14H22N2O5S/c1-3-16(22(2,19)20)12-5-7-13(8-6-12)21-11-14(18)15-9-4-10-17/h5-8,17H,3-4,9-11H2,1-2H3,(H,15,18). The fourth-order valence-electron chi connectivity index (χ4n) is 1.82. The van der Waals surface area contributed by atoms with Crippen molar-refractivity contribution in [2.75, 3.05) is 36.9 Å². The van der Waals surface area contributed by atoms with Crippen molar-refractivity contribution in [2.24, 2.45) is 0 Å². The Hall–Kier alpha value is -1.80. The van der Waals surface area contributed by atoms with Crippen LogP contribution in [0.3, 0.4) is 0 Å². The Labute approximate surface area is 130 Å². The highest BCUT2D eigenvalue weighted by atomic mass is 32.2. The van der Waals surface area contributed by atoms with Crippen LogP contribution in [0.1, 0.15) is 13.3 Å². The first-order valence-electron chi connectivity index (χ1n) is 6.96. The Morgan fingerprint density at radius 1 is 1.32 bits per heavy atom. The highest BCUT2D eigenvalue weighted by Crippen LogP contribution is 2.21. The van der Waals surface area contributed by atoms with E-state index in [-0.39, 0.29) is 19.1 Å². The van der Waals surface area contributed by atoms with E-state index in [1.807, 2.05) is 0 Å². The van der Waals surface area contributed by atoms with E-state index >= 15 is 0 Å². The molecule has 2 N–H and O–H groups in total. The zero-order valence-corrected chi connectivity index (χ0v) is 13.6. The zero-order chi connectivity index (χ0) is 16.6. The molecule has 7 nitrogen and oxygen atoms in total. The molecule has 0 heterocycles. The highest BCUT2D eigenvalue weighted by molar-refractivity contribution is 7.92. The number of carbonyl (C=O) groups is 1. The van der Waals surface area contributed by atoms with Crippen molar-refractivity contribution in [1.82, 2.24) is 5.32 Å². The number of ether oxygens (including phenoxy) is 1. The number of benzene rings is 1. The van der Waals surface area contributed by atoms with Gasteiger partial charge in [-0.3, -0.25) is 9.10 Å². The number of nitrogens with zero attached hydrogens (tertiary/aromatic N) is 1. The molecule has 0 atom stereocenters. The van der Waals surface area contributed by atoms with Gasteiger partial charge in [0.25, 0.3) is 5.91 Å². The van der Waals surface area contributed by atoms with Crippen molar-refractivity contribution in [3.63, 3.8) is 0 Å². The van der Waals surface area contributed by atoms with Crippen LogP contribution >= 0.6 is 0 Å². The van der Waals surface area contributed by atoms with Gasteiger partial charge in [-0.25, -0.2) is 8.42 Å². The number of carbonyl (C=O) groups excluding carboxylic acids is 1. The lowest BCUT2D eigenvalue weighted by atomic mass is 10.3. The first kappa shape index (κ1) is 18.2. The van der Waals surface area contributed by atoms with E-state index < -0.39 is 10.0 Å². The third kappa shape index (κ3) is 5.90. The van der Waals surface area contributed by atoms with Gasteiger partial charge in [-0.2, -0.15) is 0 Å². The molecular formula is C14H22N2O5S. The molecule has 0 unspecified atom stereocenters. The minimum Gasteiger partial charge on any atom is -0.484 e. The molecule has 124 valence electrons. The van der Waals surface area contributed by atoms with E-state index in [2.05, 4.69) is 5.32 Å². The second-order valence-electron chi connectivity index (χ2n) is 4.64. The predicted molar refractivity (Wildman–Crippen MR) is 84.5 cm³/mol. The summed E-state index contributed by atoms with van der Waals surface area (Å²) in [5.74, 6) is 0.203. The Kier molecular flexibility index (Phi) is 7.13. The van der Waals surface area contributed by atoms with Crippen molar-refractivity contribution in [3.8, 4) is 5.75 Å². The first-order chi connectivity index (χ1) is 10.4. The predicted octanol–water partition coefficient (Wildman–Crippen LogP) is 0.350. The second-order valence-corrected chi connectivity index (χ2v) is 6.54. The Bertz CT molecular complexity index is 571. The summed E-state index contributed by atoms with van der Waals surface area (Å²) in [5, 5.41) is 11.2. The van der Waals surface area contributed by atoms with Gasteiger partial charge in [0.2, 0.25) is 10.0 Å². The molecule has 1 rings (SSSR count). The van der Waals surface area contributed by atoms with Crippen LogP contribution in [0.5, 0.6) is 5.75 Å². The summed E-state index contributed by atoms with van der Waals surface area (Å²) in [5.41, 5.74) is 0.546. The van der Waals surface area contributed by atoms with Crippen LogP contribution in [0.4, 0.5) is 5.69 Å². The molecule has 0 aromatic heterocycles. The number of hydrogen-bond donors (Lipinski definition) is 2. The summed E-state index contributed by atoms with van der Waals surface area (Å²) in [6.45, 7) is 2.39. The molecule has 0 bridgehead atoms. The largest absolute Gasteiger partial charge is 0.484 e. The van der Waals surface area contributed by atoms with Crippen LogP contribution in [0, 0.1) is 0 Å². The van der Waals surface area contributed by atoms with E-state index in [0.29, 0.717) is 30.9 Å². The smallest absolute Gasteiger partial charge is 0.257 e. The maximum absolute atomic E-state index is 11.6. The van der Waals surface area contributed by atoms with Gasteiger partial charge in [-0.15, -0.1) is 0 Å². The van der Waals surface area contributed by atoms with Crippen LogP contribution in [0.15, 0.2) is 24.3 Å². The van der Waals surface area contributed by atoms with Crippen molar-refractivity contribution in [3.05, 3.63) is 24.3 Å². The van der Waals surface area contributed by atoms with Gasteiger partial charge >= 0.3 is 0 Å². The van der Waals surface area contributed by atoms with Crippen molar-refractivity contribution < 1.29 is 23.1 Å². The molecule has 1 aromatic carbocycles. The van der Waals surface area contributed by atoms with Gasteiger partial charge in [0.1, 0.15) is 5.75 Å². The molecule has 8 heteroatoms. The third-order valence-electron chi connectivity index (χ3n) is 2.84. The molecule has 0 saturated carbocycles. The molecule has 0 saturated heterocycles. The topological polar surface area (TPSA) is 95.9 Å². The Morgan fingerprint density at radius 2 is 1.95 bits per heavy atom. The van der Waals surface area contributed by atoms with Crippen LogP contribution in [0.2, 0.25) is 0 Å². The number of aliphatic hydroxyl groups excluding tert-OH is 1. The van der Waals surface area contributed by atoms with Crippen LogP contribution < -0.4 is 14.4 Å². The van der Waals surface area contributed by atoms with Crippen LogP contribution in [0.25, 0.3) is 0 Å². The maximum atomic E-state index is 11.6. The summed E-state index contributed by atoms with van der Waals surface area (Å²) < 4.78 is 29.8. The fourth-order valence-corrected chi connectivity index (χ4v) is 2.80. The summed E-state index contributed by atoms with van der Waals surface area (Å²) in [6.07, 6.45) is 1.65. The number of hydrogen-bond acceptors (Lipinski definition) is 5. The van der Waals surface area contributed by atoms with Gasteiger partial charge in [-0.1, -0.05) is 0 Å². The fraction of sp³-hybridized carbons (Fsp3) is 0.500. The van der Waals surface area contributed by atoms with Gasteiger partial charge in [0.05, 0.1) is 11.9 Å². The molecule has 1 aromatic rings. The first-order valence-corrected chi connectivity index (χ1v) is 8.81. The van der Waals surface area contributed by atoms with Crippen LogP contribution in [-0.2, 0) is 14.8 Å². The molecule has 1 amide bonds. The lowest BCUT2D eigenvalue weighted by Gasteiger charge is -2.20. The Balaban J connectivity index is 2.57. The number of nitrogens with one attached hydrogen (secondary N) is 1. The summed E-state index contributed by atoms with van der Waals surface area (Å²) in [4.78, 5) is 11.4. The van der Waals surface area contributed by atoms with E-state index in [1.54, 1.807) is 31.2 Å². The normalized spacial score (nSPS) is 11.0. The van der Waals surface area contributed by atoms with Crippen LogP contribution in [-0.4, -0.2) is 52.0 Å². The van der Waals surface area contributed by atoms with Crippen molar-refractivity contribution in [2.45, 2.75) is 13.3 Å². The average molecular weight is 330 g/mol. The van der Waals surface area contributed by atoms with Gasteiger partial charge < -0.3 is 15.2 Å². The number of rotatable bonds is 9. The third-order valence-corrected chi connectivity index (χ3v) is 4.11. The monoisotopic (exact) mass is 330 g/mol. The van der Waals surface area contributed by atoms with Crippen molar-refractivity contribution in [1.29, 1.82) is 0 Å². The highest BCUT2D eigenvalue weighted by Gasteiger charge is 2.14. The molecule has 0 aliphatic heterocycles. The lowest BCUT2D eigenvalue weighted by molar-refractivity contribution is -0.123. The maximum Gasteiger partial charge on any atom is 0.257 e. The van der Waals surface area contributed by atoms with E-state index in [9.17, 15) is 13.2 Å². The number of anilines is 1. The van der Waals surface area contributed by atoms with Gasteiger partial charge in [0.15, 0.2) is 6.61 Å². The van der Waals surface area contributed by atoms with E-state index in [0.717, 1.165) is 6.26 Å². The molecule has 0 radical (unpaired) electrons. The van der Waals surface area contributed by atoms with Gasteiger partial charge in [0, 0.05) is 19.7 Å². The molecule has 0 aliphatic carbocycles. The lowest BCUT2D eigenvalue weighted by Crippen LogP contribution is -2.30. The zero-order valence-electron chi connectivity index (χ0n) is 12.8. The quantitative estimate of drug-likeness (QED) is 0.637. The van der Waals surface area contributed by atoms with E-state index in [4.69, 9.17) is 9.84 Å². The number of amides is 1. The summed E-state index contributed by atoms with van der Waals surface area (Å²) >= 11 is 0. The van der Waals surface area contributed by atoms with E-state index in [1.165, 1.54) is 4.31 Å². The SMILES string of the molecule is CCN(c1ccc(OCC(=O)NCCCO)cc1)S(C)(=O)=O.